The number of hydrogen-bond acceptors (Lipinski definition) is 4. The van der Waals surface area contributed by atoms with Crippen molar-refractivity contribution in [1.29, 1.82) is 10.5 Å². The average Bonchev–Trinajstić information content (AvgIpc) is 2.27. The van der Waals surface area contributed by atoms with E-state index in [9.17, 15) is 10.1 Å². The van der Waals surface area contributed by atoms with Crippen LogP contribution in [0.15, 0.2) is 12.1 Å². The molecule has 5 heteroatoms. The van der Waals surface area contributed by atoms with Crippen LogP contribution < -0.4 is 0 Å². The average molecular weight is 229 g/mol. The van der Waals surface area contributed by atoms with Gasteiger partial charge in [-0.2, -0.15) is 10.5 Å². The molecule has 0 aliphatic heterocycles. The summed E-state index contributed by atoms with van der Waals surface area (Å²) in [6, 6.07) is 6.65. The first kappa shape index (κ1) is 12.7. The Labute approximate surface area is 99.1 Å². The first-order valence-electron chi connectivity index (χ1n) is 5.09. The molecule has 0 fully saturated rings. The van der Waals surface area contributed by atoms with Crippen LogP contribution in [0.4, 0.5) is 5.69 Å². The standard InChI is InChI=1S/C12H11N3O2/c1-8(2)12-10(3-4-13)5-9(7-14)6-11(12)15(16)17/h5-6,8H,3H2,1-2H3. The van der Waals surface area contributed by atoms with E-state index in [-0.39, 0.29) is 23.6 Å². The molecule has 0 aliphatic rings. The van der Waals surface area contributed by atoms with Gasteiger partial charge in [-0.3, -0.25) is 10.1 Å². The number of nitrogens with zero attached hydrogens (tertiary/aromatic N) is 3. The second-order valence-electron chi connectivity index (χ2n) is 3.93. The third kappa shape index (κ3) is 2.59. The Morgan fingerprint density at radius 1 is 1.41 bits per heavy atom. The molecule has 0 bridgehead atoms. The Bertz CT molecular complexity index is 536. The number of rotatable bonds is 3. The molecule has 17 heavy (non-hydrogen) atoms. The van der Waals surface area contributed by atoms with E-state index in [2.05, 4.69) is 0 Å². The van der Waals surface area contributed by atoms with Gasteiger partial charge in [0.2, 0.25) is 0 Å². The van der Waals surface area contributed by atoms with Gasteiger partial charge in [0.25, 0.3) is 5.69 Å². The molecule has 1 aromatic rings. The lowest BCUT2D eigenvalue weighted by Crippen LogP contribution is -2.03. The van der Waals surface area contributed by atoms with E-state index < -0.39 is 4.92 Å². The van der Waals surface area contributed by atoms with Gasteiger partial charge >= 0.3 is 0 Å². The number of nitriles is 2. The quantitative estimate of drug-likeness (QED) is 0.588. The molecule has 1 aromatic carbocycles. The second kappa shape index (κ2) is 5.09. The summed E-state index contributed by atoms with van der Waals surface area (Å²) in [4.78, 5) is 10.5. The van der Waals surface area contributed by atoms with Crippen molar-refractivity contribution in [2.75, 3.05) is 0 Å². The summed E-state index contributed by atoms with van der Waals surface area (Å²) in [5, 5.41) is 28.5. The first-order valence-corrected chi connectivity index (χ1v) is 5.09. The minimum Gasteiger partial charge on any atom is -0.258 e. The summed E-state index contributed by atoms with van der Waals surface area (Å²) in [6.07, 6.45) is 0.0733. The Hall–Kier alpha value is -2.40. The zero-order valence-corrected chi connectivity index (χ0v) is 9.60. The Morgan fingerprint density at radius 2 is 2.06 bits per heavy atom. The fourth-order valence-electron chi connectivity index (χ4n) is 1.81. The zero-order chi connectivity index (χ0) is 13.0. The molecule has 0 N–H and O–H groups in total. The number of nitro benzene ring substituents is 1. The van der Waals surface area contributed by atoms with Crippen LogP contribution in [0.1, 0.15) is 36.5 Å². The van der Waals surface area contributed by atoms with Crippen LogP contribution >= 0.6 is 0 Å². The Morgan fingerprint density at radius 3 is 2.47 bits per heavy atom. The maximum atomic E-state index is 11.0. The molecule has 0 unspecified atom stereocenters. The van der Waals surface area contributed by atoms with E-state index in [0.29, 0.717) is 11.1 Å². The zero-order valence-electron chi connectivity index (χ0n) is 9.60. The predicted octanol–water partition coefficient (Wildman–Crippen LogP) is 2.66. The highest BCUT2D eigenvalue weighted by Crippen LogP contribution is 2.31. The summed E-state index contributed by atoms with van der Waals surface area (Å²) >= 11 is 0. The molecule has 1 rings (SSSR count). The van der Waals surface area contributed by atoms with Gasteiger partial charge in [0.15, 0.2) is 0 Å². The molecule has 0 radical (unpaired) electrons. The summed E-state index contributed by atoms with van der Waals surface area (Å²) in [5.74, 6) is -0.0634. The van der Waals surface area contributed by atoms with Crippen molar-refractivity contribution in [3.63, 3.8) is 0 Å². The van der Waals surface area contributed by atoms with E-state index >= 15 is 0 Å². The molecule has 86 valence electrons. The molecule has 0 saturated heterocycles. The lowest BCUT2D eigenvalue weighted by molar-refractivity contribution is -0.385. The van der Waals surface area contributed by atoms with Crippen molar-refractivity contribution in [1.82, 2.24) is 0 Å². The Kier molecular flexibility index (Phi) is 3.79. The topological polar surface area (TPSA) is 90.7 Å². The highest BCUT2D eigenvalue weighted by atomic mass is 16.6. The van der Waals surface area contributed by atoms with Gasteiger partial charge in [-0.1, -0.05) is 13.8 Å². The molecule has 0 aliphatic carbocycles. The number of hydrogen-bond donors (Lipinski definition) is 0. The number of benzene rings is 1. The van der Waals surface area contributed by atoms with Crippen LogP contribution in [0.2, 0.25) is 0 Å². The lowest BCUT2D eigenvalue weighted by Gasteiger charge is -2.11. The van der Waals surface area contributed by atoms with Gasteiger partial charge in [0.05, 0.1) is 29.0 Å². The third-order valence-electron chi connectivity index (χ3n) is 2.42. The van der Waals surface area contributed by atoms with Crippen molar-refractivity contribution in [2.24, 2.45) is 0 Å². The van der Waals surface area contributed by atoms with Gasteiger partial charge in [0, 0.05) is 11.6 Å². The van der Waals surface area contributed by atoms with E-state index in [1.807, 2.05) is 26.0 Å². The minimum absolute atomic E-state index is 0.0634. The molecule has 0 amide bonds. The SMILES string of the molecule is CC(C)c1c(CC#N)cc(C#N)cc1[N+](=O)[O-]. The minimum atomic E-state index is -0.503. The van der Waals surface area contributed by atoms with Crippen molar-refractivity contribution in [3.8, 4) is 12.1 Å². The molecule has 0 spiro atoms. The van der Waals surface area contributed by atoms with Gasteiger partial charge in [-0.15, -0.1) is 0 Å². The second-order valence-corrected chi connectivity index (χ2v) is 3.93. The molecular weight excluding hydrogens is 218 g/mol. The molecule has 5 nitrogen and oxygen atoms in total. The predicted molar refractivity (Wildman–Crippen MR) is 61.2 cm³/mol. The van der Waals surface area contributed by atoms with Crippen LogP contribution in [0.5, 0.6) is 0 Å². The largest absolute Gasteiger partial charge is 0.274 e. The van der Waals surface area contributed by atoms with Gasteiger partial charge < -0.3 is 0 Å². The highest BCUT2D eigenvalue weighted by Gasteiger charge is 2.21. The van der Waals surface area contributed by atoms with Gasteiger partial charge in [0.1, 0.15) is 0 Å². The first-order chi connectivity index (χ1) is 8.01. The third-order valence-corrected chi connectivity index (χ3v) is 2.42. The normalized spacial score (nSPS) is 9.71. The van der Waals surface area contributed by atoms with Gasteiger partial charge in [-0.05, 0) is 17.5 Å². The molecular formula is C12H11N3O2. The van der Waals surface area contributed by atoms with Crippen LogP contribution in [-0.2, 0) is 6.42 Å². The van der Waals surface area contributed by atoms with Crippen LogP contribution in [0.3, 0.4) is 0 Å². The summed E-state index contributed by atoms with van der Waals surface area (Å²) in [6.45, 7) is 3.66. The number of nitro groups is 1. The summed E-state index contributed by atoms with van der Waals surface area (Å²) < 4.78 is 0. The maximum Gasteiger partial charge on any atom is 0.274 e. The fraction of sp³-hybridized carbons (Fsp3) is 0.333. The molecule has 0 atom stereocenters. The van der Waals surface area contributed by atoms with Crippen LogP contribution in [-0.4, -0.2) is 4.92 Å². The molecule has 0 saturated carbocycles. The van der Waals surface area contributed by atoms with Crippen LogP contribution in [0, 0.1) is 32.8 Å². The maximum absolute atomic E-state index is 11.0. The van der Waals surface area contributed by atoms with E-state index in [1.54, 1.807) is 6.07 Å². The smallest absolute Gasteiger partial charge is 0.258 e. The summed E-state index contributed by atoms with van der Waals surface area (Å²) in [7, 11) is 0. The van der Waals surface area contributed by atoms with E-state index in [0.717, 1.165) is 0 Å². The van der Waals surface area contributed by atoms with Gasteiger partial charge in [-0.25, -0.2) is 0 Å². The molecule has 0 heterocycles. The van der Waals surface area contributed by atoms with E-state index in [4.69, 9.17) is 10.5 Å². The monoisotopic (exact) mass is 229 g/mol. The fourth-order valence-corrected chi connectivity index (χ4v) is 1.81. The molecule has 0 aromatic heterocycles. The van der Waals surface area contributed by atoms with Crippen molar-refractivity contribution in [3.05, 3.63) is 38.9 Å². The highest BCUT2D eigenvalue weighted by molar-refractivity contribution is 5.54. The van der Waals surface area contributed by atoms with E-state index in [1.165, 1.54) is 6.07 Å². The van der Waals surface area contributed by atoms with Crippen molar-refractivity contribution in [2.45, 2.75) is 26.2 Å². The summed E-state index contributed by atoms with van der Waals surface area (Å²) in [5.41, 5.74) is 1.24. The van der Waals surface area contributed by atoms with Crippen molar-refractivity contribution < 1.29 is 4.92 Å². The Balaban J connectivity index is 3.57. The lowest BCUT2D eigenvalue weighted by atomic mass is 9.92. The van der Waals surface area contributed by atoms with Crippen LogP contribution in [0.25, 0.3) is 0 Å². The van der Waals surface area contributed by atoms with Crippen molar-refractivity contribution >= 4 is 5.69 Å².